The van der Waals surface area contributed by atoms with Crippen molar-refractivity contribution in [2.75, 3.05) is 0 Å². The Hall–Kier alpha value is -0.630. The van der Waals surface area contributed by atoms with Crippen LogP contribution in [0.3, 0.4) is 0 Å². The Morgan fingerprint density at radius 3 is 2.09 bits per heavy atom. The lowest BCUT2D eigenvalue weighted by Gasteiger charge is -2.30. The monoisotopic (exact) mass is 152 g/mol. The molecule has 0 aliphatic carbocycles. The average Bonchev–Trinajstić information content (AvgIpc) is 2.44. The summed E-state index contributed by atoms with van der Waals surface area (Å²) >= 11 is 0. The lowest BCUT2D eigenvalue weighted by atomic mass is 9.88. The molecule has 0 saturated carbocycles. The molecular formula is C9H12O2. The summed E-state index contributed by atoms with van der Waals surface area (Å²) in [6.07, 6.45) is 4.14. The van der Waals surface area contributed by atoms with Crippen LogP contribution < -0.4 is 0 Å². The quantitative estimate of drug-likeness (QED) is 0.487. The highest BCUT2D eigenvalue weighted by atomic mass is 16.5. The molecule has 2 bridgehead atoms. The average molecular weight is 152 g/mol. The topological polar surface area (TPSA) is 26.3 Å². The molecule has 2 rings (SSSR count). The van der Waals surface area contributed by atoms with E-state index in [4.69, 9.17) is 4.74 Å². The summed E-state index contributed by atoms with van der Waals surface area (Å²) in [4.78, 5) is 11.5. The first-order valence-corrected chi connectivity index (χ1v) is 4.07. The number of carbonyl (C=O) groups is 1. The lowest BCUT2D eigenvalue weighted by molar-refractivity contribution is -0.142. The van der Waals surface area contributed by atoms with Gasteiger partial charge in [0.1, 0.15) is 5.78 Å². The predicted molar refractivity (Wildman–Crippen MR) is 41.1 cm³/mol. The highest BCUT2D eigenvalue weighted by molar-refractivity contribution is 5.85. The van der Waals surface area contributed by atoms with Crippen molar-refractivity contribution in [3.63, 3.8) is 0 Å². The van der Waals surface area contributed by atoms with Crippen molar-refractivity contribution < 1.29 is 9.53 Å². The van der Waals surface area contributed by atoms with Gasteiger partial charge in [0, 0.05) is 11.8 Å². The molecule has 4 atom stereocenters. The summed E-state index contributed by atoms with van der Waals surface area (Å²) in [5.41, 5.74) is 0. The van der Waals surface area contributed by atoms with Gasteiger partial charge in [-0.25, -0.2) is 0 Å². The van der Waals surface area contributed by atoms with E-state index in [0.717, 1.165) is 0 Å². The van der Waals surface area contributed by atoms with Crippen molar-refractivity contribution in [3.8, 4) is 0 Å². The molecule has 0 aromatic carbocycles. The van der Waals surface area contributed by atoms with Crippen LogP contribution in [0, 0.1) is 11.8 Å². The lowest BCUT2D eigenvalue weighted by Crippen LogP contribution is -2.40. The van der Waals surface area contributed by atoms with Gasteiger partial charge in [0.15, 0.2) is 0 Å². The van der Waals surface area contributed by atoms with Gasteiger partial charge in [-0.2, -0.15) is 0 Å². The van der Waals surface area contributed by atoms with Gasteiger partial charge in [0.05, 0.1) is 12.2 Å². The number of ether oxygens (including phenoxy) is 1. The van der Waals surface area contributed by atoms with Gasteiger partial charge in [0.25, 0.3) is 0 Å². The van der Waals surface area contributed by atoms with Crippen LogP contribution in [0.2, 0.25) is 0 Å². The summed E-state index contributed by atoms with van der Waals surface area (Å²) < 4.78 is 5.56. The zero-order valence-corrected chi connectivity index (χ0v) is 6.78. The molecule has 0 radical (unpaired) electrons. The van der Waals surface area contributed by atoms with E-state index < -0.39 is 0 Å². The number of hydrogen-bond acceptors (Lipinski definition) is 2. The van der Waals surface area contributed by atoms with Crippen LogP contribution in [0.25, 0.3) is 0 Å². The van der Waals surface area contributed by atoms with Gasteiger partial charge >= 0.3 is 0 Å². The number of carbonyl (C=O) groups excluding carboxylic acids is 1. The van der Waals surface area contributed by atoms with Crippen LogP contribution >= 0.6 is 0 Å². The Morgan fingerprint density at radius 1 is 1.18 bits per heavy atom. The summed E-state index contributed by atoms with van der Waals surface area (Å²) in [6, 6.07) is 0. The van der Waals surface area contributed by atoms with E-state index in [1.165, 1.54) is 0 Å². The van der Waals surface area contributed by atoms with Crippen molar-refractivity contribution in [1.29, 1.82) is 0 Å². The van der Waals surface area contributed by atoms with Crippen LogP contribution in [-0.2, 0) is 9.53 Å². The maximum absolute atomic E-state index is 11.5. The van der Waals surface area contributed by atoms with Gasteiger partial charge in [0.2, 0.25) is 0 Å². The zero-order valence-electron chi connectivity index (χ0n) is 6.78. The van der Waals surface area contributed by atoms with E-state index in [1.807, 2.05) is 26.0 Å². The molecule has 0 amide bonds. The van der Waals surface area contributed by atoms with Crippen LogP contribution in [0.5, 0.6) is 0 Å². The predicted octanol–water partition coefficient (Wildman–Crippen LogP) is 1.16. The van der Waals surface area contributed by atoms with Crippen LogP contribution in [0.4, 0.5) is 0 Å². The first kappa shape index (κ1) is 7.04. The van der Waals surface area contributed by atoms with Crippen molar-refractivity contribution in [2.45, 2.75) is 26.1 Å². The minimum atomic E-state index is 0.0556. The van der Waals surface area contributed by atoms with Crippen molar-refractivity contribution in [1.82, 2.24) is 0 Å². The third-order valence-electron chi connectivity index (χ3n) is 2.69. The number of fused-ring (bicyclic) bond motifs is 2. The van der Waals surface area contributed by atoms with Crippen molar-refractivity contribution >= 4 is 5.78 Å². The summed E-state index contributed by atoms with van der Waals surface area (Å²) in [5, 5.41) is 0. The Morgan fingerprint density at radius 2 is 1.64 bits per heavy atom. The van der Waals surface area contributed by atoms with Gasteiger partial charge in [-0.05, 0) is 0 Å². The third-order valence-corrected chi connectivity index (χ3v) is 2.69. The van der Waals surface area contributed by atoms with E-state index in [9.17, 15) is 4.79 Å². The molecular weight excluding hydrogens is 140 g/mol. The number of ketones is 1. The van der Waals surface area contributed by atoms with Gasteiger partial charge < -0.3 is 4.74 Å². The molecule has 0 aromatic heterocycles. The van der Waals surface area contributed by atoms with Crippen LogP contribution in [0.1, 0.15) is 13.8 Å². The molecule has 2 heteroatoms. The second-order valence-electron chi connectivity index (χ2n) is 3.43. The summed E-state index contributed by atoms with van der Waals surface area (Å²) in [7, 11) is 0. The Balaban J connectivity index is 2.29. The van der Waals surface area contributed by atoms with E-state index in [-0.39, 0.29) is 24.0 Å². The summed E-state index contributed by atoms with van der Waals surface area (Å²) in [6.45, 7) is 3.88. The molecule has 0 unspecified atom stereocenters. The highest BCUT2D eigenvalue weighted by Crippen LogP contribution is 2.32. The Labute approximate surface area is 66.2 Å². The van der Waals surface area contributed by atoms with Crippen LogP contribution in [-0.4, -0.2) is 18.0 Å². The first-order valence-electron chi connectivity index (χ1n) is 4.07. The highest BCUT2D eigenvalue weighted by Gasteiger charge is 2.41. The smallest absolute Gasteiger partial charge is 0.144 e. The number of rotatable bonds is 0. The molecule has 0 spiro atoms. The first-order chi connectivity index (χ1) is 5.20. The Kier molecular flexibility index (Phi) is 1.39. The standard InChI is InChI=1S/C9H12O2/c1-5-7-3-4-8(11-7)6(2)9(5)10/h3-8H,1-2H3/t5-,6+,7+,8-. The molecule has 2 heterocycles. The molecule has 0 N–H and O–H groups in total. The second-order valence-corrected chi connectivity index (χ2v) is 3.43. The maximum atomic E-state index is 11.5. The van der Waals surface area contributed by atoms with Crippen molar-refractivity contribution in [3.05, 3.63) is 12.2 Å². The molecule has 1 saturated heterocycles. The second kappa shape index (κ2) is 2.18. The van der Waals surface area contributed by atoms with Crippen LogP contribution in [0.15, 0.2) is 12.2 Å². The molecule has 1 fully saturated rings. The van der Waals surface area contributed by atoms with Gasteiger partial charge in [-0.15, -0.1) is 0 Å². The van der Waals surface area contributed by atoms with E-state index in [0.29, 0.717) is 5.78 Å². The zero-order chi connectivity index (χ0) is 8.01. The SMILES string of the molecule is C[C@@H]1C(=O)[C@H](C)[C@@H]2C=C[C@H]1O2. The number of Topliss-reactive ketones (excluding diaryl/α,β-unsaturated/α-hetero) is 1. The van der Waals surface area contributed by atoms with Gasteiger partial charge in [-0.3, -0.25) is 4.79 Å². The molecule has 2 aliphatic rings. The van der Waals surface area contributed by atoms with E-state index in [1.54, 1.807) is 0 Å². The van der Waals surface area contributed by atoms with Gasteiger partial charge in [-0.1, -0.05) is 26.0 Å². The molecule has 11 heavy (non-hydrogen) atoms. The third kappa shape index (κ3) is 0.857. The molecule has 60 valence electrons. The molecule has 2 aliphatic heterocycles. The molecule has 2 nitrogen and oxygen atoms in total. The summed E-state index contributed by atoms with van der Waals surface area (Å²) in [5.74, 6) is 0.455. The van der Waals surface area contributed by atoms with E-state index >= 15 is 0 Å². The fourth-order valence-corrected chi connectivity index (χ4v) is 1.80. The van der Waals surface area contributed by atoms with Crippen molar-refractivity contribution in [2.24, 2.45) is 11.8 Å². The minimum absolute atomic E-state index is 0.0556. The minimum Gasteiger partial charge on any atom is -0.365 e. The fraction of sp³-hybridized carbons (Fsp3) is 0.667. The normalized spacial score (nSPS) is 48.4. The largest absolute Gasteiger partial charge is 0.365 e. The van der Waals surface area contributed by atoms with E-state index in [2.05, 4.69) is 0 Å². The number of hydrogen-bond donors (Lipinski definition) is 0. The Bertz CT molecular complexity index is 200. The maximum Gasteiger partial charge on any atom is 0.144 e. The fourth-order valence-electron chi connectivity index (χ4n) is 1.80. The molecule has 0 aromatic rings.